The van der Waals surface area contributed by atoms with Gasteiger partial charge in [-0.25, -0.2) is 18.0 Å². The smallest absolute Gasteiger partial charge is 0.324 e. The van der Waals surface area contributed by atoms with Gasteiger partial charge in [0.1, 0.15) is 17.2 Å². The number of aromatic hydroxyl groups is 1. The maximum absolute atomic E-state index is 13.6. The van der Waals surface area contributed by atoms with Crippen LogP contribution in [0.3, 0.4) is 0 Å². The lowest BCUT2D eigenvalue weighted by Gasteiger charge is -2.09. The number of carbonyl (C=O) groups excluding carboxylic acids is 1. The normalized spacial score (nSPS) is 10.6. The highest BCUT2D eigenvalue weighted by atomic mass is 19.2. The number of hydrogen-bond acceptors (Lipinski definition) is 4. The first-order valence-electron chi connectivity index (χ1n) is 7.39. The Balaban J connectivity index is 2.05. The van der Waals surface area contributed by atoms with Crippen molar-refractivity contribution in [1.29, 1.82) is 0 Å². The predicted octanol–water partition coefficient (Wildman–Crippen LogP) is 2.66. The Morgan fingerprint density at radius 2 is 1.56 bits per heavy atom. The molecule has 0 unspecified atom stereocenters. The molecular formula is C17H10F3N3O4. The first-order valence-corrected chi connectivity index (χ1v) is 7.39. The van der Waals surface area contributed by atoms with Crippen molar-refractivity contribution in [3.05, 3.63) is 74.4 Å². The van der Waals surface area contributed by atoms with E-state index in [9.17, 15) is 32.7 Å². The van der Waals surface area contributed by atoms with E-state index in [4.69, 9.17) is 0 Å². The second kappa shape index (κ2) is 6.83. The van der Waals surface area contributed by atoms with Crippen molar-refractivity contribution in [2.24, 2.45) is 0 Å². The Morgan fingerprint density at radius 3 is 2.30 bits per heavy atom. The monoisotopic (exact) mass is 377 g/mol. The number of H-pyrrole nitrogens is 1. The summed E-state index contributed by atoms with van der Waals surface area (Å²) in [7, 11) is 0. The Morgan fingerprint density at radius 1 is 0.926 bits per heavy atom. The van der Waals surface area contributed by atoms with E-state index in [1.807, 2.05) is 5.32 Å². The molecule has 7 nitrogen and oxygen atoms in total. The van der Waals surface area contributed by atoms with Crippen LogP contribution in [0.2, 0.25) is 0 Å². The number of aromatic nitrogens is 1. The summed E-state index contributed by atoms with van der Waals surface area (Å²) in [5.41, 5.74) is -3.81. The minimum atomic E-state index is -1.65. The van der Waals surface area contributed by atoms with Gasteiger partial charge < -0.3 is 20.7 Å². The number of hydrogen-bond donors (Lipinski definition) is 4. The summed E-state index contributed by atoms with van der Waals surface area (Å²) in [6, 6.07) is 5.50. The summed E-state index contributed by atoms with van der Waals surface area (Å²) < 4.78 is 40.4. The summed E-state index contributed by atoms with van der Waals surface area (Å²) in [4.78, 5) is 38.7. The number of urea groups is 1. The SMILES string of the molecule is O=C(Nc1c(F)ccc(F)c1F)Nc1c(O)c(=O)[nH]c2ccccc2c1=O. The van der Waals surface area contributed by atoms with Crippen LogP contribution in [0.4, 0.5) is 29.3 Å². The molecule has 3 aromatic rings. The molecule has 0 atom stereocenters. The molecule has 138 valence electrons. The zero-order valence-corrected chi connectivity index (χ0v) is 13.3. The molecule has 0 aliphatic carbocycles. The first kappa shape index (κ1) is 18.0. The topological polar surface area (TPSA) is 111 Å². The maximum atomic E-state index is 13.6. The Labute approximate surface area is 148 Å². The van der Waals surface area contributed by atoms with Gasteiger partial charge in [-0.2, -0.15) is 0 Å². The molecule has 2 aromatic carbocycles. The second-order valence-corrected chi connectivity index (χ2v) is 5.35. The number of fused-ring (bicyclic) bond motifs is 1. The highest BCUT2D eigenvalue weighted by molar-refractivity contribution is 6.01. The molecule has 0 aliphatic heterocycles. The molecule has 0 fully saturated rings. The molecule has 0 bridgehead atoms. The molecule has 27 heavy (non-hydrogen) atoms. The number of anilines is 2. The molecule has 10 heteroatoms. The average Bonchev–Trinajstić information content (AvgIpc) is 2.73. The number of aromatic amines is 1. The van der Waals surface area contributed by atoms with E-state index >= 15 is 0 Å². The van der Waals surface area contributed by atoms with Crippen LogP contribution >= 0.6 is 0 Å². The van der Waals surface area contributed by atoms with E-state index in [1.54, 1.807) is 5.32 Å². The highest BCUT2D eigenvalue weighted by Crippen LogP contribution is 2.22. The van der Waals surface area contributed by atoms with Crippen LogP contribution in [0.15, 0.2) is 46.0 Å². The Bertz CT molecular complexity index is 1190. The second-order valence-electron chi connectivity index (χ2n) is 5.35. The largest absolute Gasteiger partial charge is 0.501 e. The van der Waals surface area contributed by atoms with Gasteiger partial charge in [-0.15, -0.1) is 0 Å². The number of halogens is 3. The highest BCUT2D eigenvalue weighted by Gasteiger charge is 2.19. The van der Waals surface area contributed by atoms with Gasteiger partial charge in [0.2, 0.25) is 11.2 Å². The van der Waals surface area contributed by atoms with E-state index in [0.29, 0.717) is 12.1 Å². The van der Waals surface area contributed by atoms with Gasteiger partial charge in [0.25, 0.3) is 5.56 Å². The van der Waals surface area contributed by atoms with Crippen molar-refractivity contribution in [3.63, 3.8) is 0 Å². The van der Waals surface area contributed by atoms with Crippen LogP contribution in [-0.4, -0.2) is 16.1 Å². The minimum absolute atomic E-state index is 0.0340. The van der Waals surface area contributed by atoms with Crippen LogP contribution in [0, 0.1) is 17.5 Å². The lowest BCUT2D eigenvalue weighted by atomic mass is 10.2. The lowest BCUT2D eigenvalue weighted by Crippen LogP contribution is -2.25. The first-order chi connectivity index (χ1) is 12.8. The maximum Gasteiger partial charge on any atom is 0.324 e. The number of amides is 2. The van der Waals surface area contributed by atoms with Crippen LogP contribution in [0.5, 0.6) is 5.75 Å². The minimum Gasteiger partial charge on any atom is -0.501 e. The van der Waals surface area contributed by atoms with Gasteiger partial charge in [0, 0.05) is 5.39 Å². The van der Waals surface area contributed by atoms with Gasteiger partial charge in [-0.3, -0.25) is 9.59 Å². The van der Waals surface area contributed by atoms with E-state index < -0.39 is 51.6 Å². The van der Waals surface area contributed by atoms with Crippen LogP contribution < -0.4 is 21.6 Å². The number of carbonyl (C=O) groups is 1. The quantitative estimate of drug-likeness (QED) is 0.515. The molecule has 1 aromatic heterocycles. The molecule has 1 heterocycles. The van der Waals surface area contributed by atoms with Crippen molar-refractivity contribution in [2.75, 3.05) is 10.6 Å². The lowest BCUT2D eigenvalue weighted by molar-refractivity contribution is 0.261. The van der Waals surface area contributed by atoms with Crippen LogP contribution in [0.1, 0.15) is 0 Å². The fraction of sp³-hybridized carbons (Fsp3) is 0. The van der Waals surface area contributed by atoms with E-state index in [1.165, 1.54) is 24.3 Å². The van der Waals surface area contributed by atoms with Crippen LogP contribution in [-0.2, 0) is 0 Å². The third-order valence-electron chi connectivity index (χ3n) is 3.62. The number of rotatable bonds is 2. The third-order valence-corrected chi connectivity index (χ3v) is 3.62. The Kier molecular flexibility index (Phi) is 4.55. The fourth-order valence-corrected chi connectivity index (χ4v) is 2.34. The average molecular weight is 377 g/mol. The van der Waals surface area contributed by atoms with Gasteiger partial charge >= 0.3 is 6.03 Å². The van der Waals surface area contributed by atoms with Crippen molar-refractivity contribution in [2.45, 2.75) is 0 Å². The molecule has 0 spiro atoms. The summed E-state index contributed by atoms with van der Waals surface area (Å²) >= 11 is 0. The molecule has 0 radical (unpaired) electrons. The standard InChI is InChI=1S/C17H10F3N3O4/c18-8-5-6-9(19)12(11(8)20)22-17(27)23-13-14(24)7-3-1-2-4-10(7)21-16(26)15(13)25/h1-6H,(H4,21,22,23,24,25,26,27). The number of nitrogens with one attached hydrogen (secondary N) is 3. The molecular weight excluding hydrogens is 367 g/mol. The molecule has 2 amide bonds. The fourth-order valence-electron chi connectivity index (χ4n) is 2.34. The number of para-hydroxylation sites is 1. The van der Waals surface area contributed by atoms with Gasteiger partial charge in [0.15, 0.2) is 11.6 Å². The Hall–Kier alpha value is -3.82. The molecule has 0 aliphatic rings. The summed E-state index contributed by atoms with van der Waals surface area (Å²) in [6.07, 6.45) is 0. The van der Waals surface area contributed by atoms with E-state index in [0.717, 1.165) is 0 Å². The van der Waals surface area contributed by atoms with Crippen molar-refractivity contribution >= 4 is 28.3 Å². The molecule has 0 saturated carbocycles. The summed E-state index contributed by atoms with van der Waals surface area (Å²) in [5, 5.41) is 13.5. The van der Waals surface area contributed by atoms with E-state index in [-0.39, 0.29) is 10.9 Å². The van der Waals surface area contributed by atoms with E-state index in [2.05, 4.69) is 4.98 Å². The van der Waals surface area contributed by atoms with Crippen molar-refractivity contribution in [1.82, 2.24) is 4.98 Å². The molecule has 0 saturated heterocycles. The van der Waals surface area contributed by atoms with Crippen LogP contribution in [0.25, 0.3) is 10.9 Å². The number of benzene rings is 2. The van der Waals surface area contributed by atoms with Crippen molar-refractivity contribution in [3.8, 4) is 5.75 Å². The third kappa shape index (κ3) is 3.32. The predicted molar refractivity (Wildman–Crippen MR) is 91.5 cm³/mol. The van der Waals surface area contributed by atoms with Gasteiger partial charge in [0.05, 0.1) is 5.52 Å². The zero-order valence-electron chi connectivity index (χ0n) is 13.3. The molecule has 3 rings (SSSR count). The van der Waals surface area contributed by atoms with Crippen molar-refractivity contribution < 1.29 is 23.1 Å². The molecule has 4 N–H and O–H groups in total. The van der Waals surface area contributed by atoms with Gasteiger partial charge in [-0.1, -0.05) is 12.1 Å². The zero-order chi connectivity index (χ0) is 19.7. The summed E-state index contributed by atoms with van der Waals surface area (Å²) in [5.74, 6) is -5.43. The summed E-state index contributed by atoms with van der Waals surface area (Å²) in [6.45, 7) is 0. The van der Waals surface area contributed by atoms with Gasteiger partial charge in [-0.05, 0) is 24.3 Å².